The highest BCUT2D eigenvalue weighted by Crippen LogP contribution is 2.63. The average Bonchev–Trinajstić information content (AvgIpc) is 2.90. The van der Waals surface area contributed by atoms with E-state index < -0.39 is 5.41 Å². The fraction of sp³-hybridized carbons (Fsp3) is 0.250. The van der Waals surface area contributed by atoms with Crippen LogP contribution in [0.2, 0.25) is 0 Å². The predicted octanol–water partition coefficient (Wildman–Crippen LogP) is 2.31. The lowest BCUT2D eigenvalue weighted by Gasteiger charge is -2.09. The van der Waals surface area contributed by atoms with Gasteiger partial charge < -0.3 is 4.74 Å². The second-order valence-corrected chi connectivity index (χ2v) is 4.11. The van der Waals surface area contributed by atoms with Gasteiger partial charge in [-0.1, -0.05) is 35.4 Å². The molecule has 0 N–H and O–H groups in total. The summed E-state index contributed by atoms with van der Waals surface area (Å²) in [5.74, 6) is -0.212. The second kappa shape index (κ2) is 3.37. The lowest BCUT2D eigenvalue weighted by atomic mass is 9.94. The van der Waals surface area contributed by atoms with E-state index in [0.717, 1.165) is 11.1 Å². The number of nitrogens with zero attached hydrogens (tertiary/aromatic N) is 3. The van der Waals surface area contributed by atoms with Crippen LogP contribution in [0.15, 0.2) is 47.2 Å². The predicted molar refractivity (Wildman–Crippen MR) is 59.8 cm³/mol. The molecule has 84 valence electrons. The maximum Gasteiger partial charge on any atom is 0.321 e. The third kappa shape index (κ3) is 1.14. The standard InChI is InChI=1S/C12H9N3O2/c13-15-14-6-9-10-7-17-11(16)12(9,10)8-4-2-1-3-5-8/h1-6,10H,7H2. The lowest BCUT2D eigenvalue weighted by molar-refractivity contribution is -0.141. The van der Waals surface area contributed by atoms with Gasteiger partial charge in [0.15, 0.2) is 0 Å². The first kappa shape index (κ1) is 9.93. The number of cyclic esters (lactones) is 1. The normalized spacial score (nSPS) is 31.6. The number of fused-ring (bicyclic) bond motifs is 1. The van der Waals surface area contributed by atoms with Crippen LogP contribution in [0.5, 0.6) is 0 Å². The van der Waals surface area contributed by atoms with E-state index in [0.29, 0.717) is 6.61 Å². The van der Waals surface area contributed by atoms with Gasteiger partial charge in [0.05, 0.1) is 6.61 Å². The maximum absolute atomic E-state index is 11.9. The van der Waals surface area contributed by atoms with Gasteiger partial charge in [0.2, 0.25) is 0 Å². The Morgan fingerprint density at radius 2 is 2.24 bits per heavy atom. The van der Waals surface area contributed by atoms with Crippen LogP contribution in [0.3, 0.4) is 0 Å². The first-order valence-corrected chi connectivity index (χ1v) is 5.29. The maximum atomic E-state index is 11.9. The number of benzene rings is 1. The molecule has 1 saturated carbocycles. The van der Waals surface area contributed by atoms with Crippen molar-refractivity contribution >= 4 is 5.97 Å². The number of esters is 1. The largest absolute Gasteiger partial charge is 0.464 e. The minimum absolute atomic E-state index is 0.0305. The highest BCUT2D eigenvalue weighted by molar-refractivity contribution is 5.97. The highest BCUT2D eigenvalue weighted by Gasteiger charge is 2.71. The number of hydrogen-bond donors (Lipinski definition) is 0. The molecule has 0 spiro atoms. The first-order chi connectivity index (χ1) is 8.31. The van der Waals surface area contributed by atoms with Gasteiger partial charge in [-0.3, -0.25) is 4.79 Å². The van der Waals surface area contributed by atoms with Crippen molar-refractivity contribution in [1.29, 1.82) is 0 Å². The Hall–Kier alpha value is -2.26. The van der Waals surface area contributed by atoms with Crippen LogP contribution in [-0.4, -0.2) is 12.6 Å². The fourth-order valence-corrected chi connectivity index (χ4v) is 2.63. The van der Waals surface area contributed by atoms with E-state index in [-0.39, 0.29) is 11.9 Å². The number of carbonyl (C=O) groups is 1. The summed E-state index contributed by atoms with van der Waals surface area (Å²) in [5, 5.41) is 3.43. The molecule has 5 heteroatoms. The van der Waals surface area contributed by atoms with Crippen LogP contribution in [0.25, 0.3) is 10.4 Å². The Bertz CT molecular complexity index is 560. The molecule has 2 aliphatic rings. The van der Waals surface area contributed by atoms with Crippen LogP contribution in [0, 0.1) is 5.92 Å². The molecular weight excluding hydrogens is 218 g/mol. The number of ether oxygens (including phenoxy) is 1. The zero-order chi connectivity index (χ0) is 11.9. The van der Waals surface area contributed by atoms with Crippen LogP contribution in [0.4, 0.5) is 0 Å². The van der Waals surface area contributed by atoms with Crippen molar-refractivity contribution < 1.29 is 9.53 Å². The summed E-state index contributed by atoms with van der Waals surface area (Å²) in [6.45, 7) is 0.376. The Balaban J connectivity index is 2.11. The van der Waals surface area contributed by atoms with Crippen LogP contribution in [-0.2, 0) is 14.9 Å². The number of azide groups is 1. The lowest BCUT2D eigenvalue weighted by Crippen LogP contribution is -2.19. The summed E-state index contributed by atoms with van der Waals surface area (Å²) in [6, 6.07) is 9.47. The fourth-order valence-electron chi connectivity index (χ4n) is 2.63. The molecule has 3 rings (SSSR count). The molecule has 5 nitrogen and oxygen atoms in total. The molecule has 1 heterocycles. The van der Waals surface area contributed by atoms with Gasteiger partial charge in [0.25, 0.3) is 0 Å². The van der Waals surface area contributed by atoms with Gasteiger partial charge in [0, 0.05) is 17.0 Å². The first-order valence-electron chi connectivity index (χ1n) is 5.29. The van der Waals surface area contributed by atoms with E-state index in [1.807, 2.05) is 30.3 Å². The SMILES string of the molecule is [N-]=[N+]=NC=C1C2COC(=O)C12c1ccccc1. The Kier molecular flexibility index (Phi) is 1.97. The Morgan fingerprint density at radius 1 is 1.47 bits per heavy atom. The van der Waals surface area contributed by atoms with Gasteiger partial charge in [-0.15, -0.1) is 0 Å². The zero-order valence-electron chi connectivity index (χ0n) is 8.91. The molecule has 0 radical (unpaired) electrons. The van der Waals surface area contributed by atoms with Crippen molar-refractivity contribution in [2.75, 3.05) is 6.61 Å². The molecule has 0 bridgehead atoms. The van der Waals surface area contributed by atoms with Crippen LogP contribution < -0.4 is 0 Å². The molecule has 2 fully saturated rings. The Labute approximate surface area is 97.3 Å². The van der Waals surface area contributed by atoms with E-state index >= 15 is 0 Å². The highest BCUT2D eigenvalue weighted by atomic mass is 16.5. The molecule has 1 aromatic rings. The number of rotatable bonds is 2. The Morgan fingerprint density at radius 3 is 2.94 bits per heavy atom. The van der Waals surface area contributed by atoms with E-state index in [2.05, 4.69) is 10.0 Å². The summed E-state index contributed by atoms with van der Waals surface area (Å²) >= 11 is 0. The monoisotopic (exact) mass is 227 g/mol. The van der Waals surface area contributed by atoms with Crippen molar-refractivity contribution in [3.8, 4) is 0 Å². The van der Waals surface area contributed by atoms with E-state index in [1.165, 1.54) is 6.20 Å². The molecule has 2 atom stereocenters. The van der Waals surface area contributed by atoms with Crippen molar-refractivity contribution in [3.63, 3.8) is 0 Å². The topological polar surface area (TPSA) is 75.1 Å². The van der Waals surface area contributed by atoms with Crippen LogP contribution in [0.1, 0.15) is 5.56 Å². The molecule has 0 aromatic heterocycles. The molecule has 2 unspecified atom stereocenters. The molecule has 0 amide bonds. The summed E-state index contributed by atoms with van der Waals surface area (Å²) in [4.78, 5) is 14.6. The van der Waals surface area contributed by atoms with E-state index in [9.17, 15) is 4.79 Å². The average molecular weight is 227 g/mol. The van der Waals surface area contributed by atoms with Gasteiger partial charge >= 0.3 is 5.97 Å². The van der Waals surface area contributed by atoms with Crippen molar-refractivity contribution in [1.82, 2.24) is 0 Å². The van der Waals surface area contributed by atoms with Crippen molar-refractivity contribution in [3.05, 3.63) is 58.1 Å². The third-order valence-electron chi connectivity index (χ3n) is 3.45. The van der Waals surface area contributed by atoms with E-state index in [4.69, 9.17) is 10.3 Å². The third-order valence-corrected chi connectivity index (χ3v) is 3.45. The molecule has 1 aliphatic heterocycles. The summed E-state index contributed by atoms with van der Waals surface area (Å²) < 4.78 is 5.07. The molecule has 1 saturated heterocycles. The minimum atomic E-state index is -0.685. The summed E-state index contributed by atoms with van der Waals surface area (Å²) in [5.41, 5.74) is 9.41. The number of hydrogen-bond acceptors (Lipinski definition) is 3. The molecular formula is C12H9N3O2. The summed E-state index contributed by atoms with van der Waals surface area (Å²) in [7, 11) is 0. The van der Waals surface area contributed by atoms with Gasteiger partial charge in [-0.25, -0.2) is 0 Å². The summed E-state index contributed by atoms with van der Waals surface area (Å²) in [6.07, 6.45) is 1.44. The van der Waals surface area contributed by atoms with Gasteiger partial charge in [0.1, 0.15) is 5.41 Å². The molecule has 1 aliphatic carbocycles. The van der Waals surface area contributed by atoms with Gasteiger partial charge in [-0.05, 0) is 16.7 Å². The smallest absolute Gasteiger partial charge is 0.321 e. The van der Waals surface area contributed by atoms with Crippen molar-refractivity contribution in [2.45, 2.75) is 5.41 Å². The van der Waals surface area contributed by atoms with Gasteiger partial charge in [-0.2, -0.15) is 0 Å². The molecule has 17 heavy (non-hydrogen) atoms. The van der Waals surface area contributed by atoms with Crippen LogP contribution >= 0.6 is 0 Å². The number of carbonyl (C=O) groups excluding carboxylic acids is 1. The van der Waals surface area contributed by atoms with Crippen molar-refractivity contribution in [2.24, 2.45) is 11.0 Å². The quantitative estimate of drug-likeness (QED) is 0.336. The molecule has 1 aromatic carbocycles. The van der Waals surface area contributed by atoms with E-state index in [1.54, 1.807) is 0 Å². The minimum Gasteiger partial charge on any atom is -0.464 e. The second-order valence-electron chi connectivity index (χ2n) is 4.11. The zero-order valence-corrected chi connectivity index (χ0v) is 8.91.